The molecule has 4 aromatic rings. The van der Waals surface area contributed by atoms with Gasteiger partial charge in [0, 0.05) is 55.1 Å². The Hall–Kier alpha value is -3.56. The number of carbonyl (C=O) groups excluding carboxylic acids is 1. The number of amides is 1. The molecule has 182 valence electrons. The van der Waals surface area contributed by atoms with Crippen LogP contribution >= 0.6 is 11.3 Å². The van der Waals surface area contributed by atoms with Crippen molar-refractivity contribution >= 4 is 28.1 Å². The molecule has 8 nitrogen and oxygen atoms in total. The van der Waals surface area contributed by atoms with Gasteiger partial charge in [-0.15, -0.1) is 11.3 Å². The number of rotatable bonds is 7. The predicted molar refractivity (Wildman–Crippen MR) is 137 cm³/mol. The zero-order chi connectivity index (χ0) is 24.4. The summed E-state index contributed by atoms with van der Waals surface area (Å²) in [4.78, 5) is 25.6. The van der Waals surface area contributed by atoms with E-state index in [-0.39, 0.29) is 5.91 Å². The highest BCUT2D eigenvalue weighted by atomic mass is 32.1. The van der Waals surface area contributed by atoms with Gasteiger partial charge >= 0.3 is 0 Å². The highest BCUT2D eigenvalue weighted by Gasteiger charge is 2.26. The summed E-state index contributed by atoms with van der Waals surface area (Å²) in [7, 11) is 4.75. The topological polar surface area (TPSA) is 79.9 Å². The second kappa shape index (κ2) is 9.97. The molecule has 3 heterocycles. The van der Waals surface area contributed by atoms with Crippen LogP contribution in [0.1, 0.15) is 16.2 Å². The quantitative estimate of drug-likeness (QED) is 0.415. The Morgan fingerprint density at radius 1 is 1.00 bits per heavy atom. The summed E-state index contributed by atoms with van der Waals surface area (Å²) >= 11 is 1.67. The van der Waals surface area contributed by atoms with Gasteiger partial charge in [-0.1, -0.05) is 30.3 Å². The van der Waals surface area contributed by atoms with Crippen LogP contribution in [0.2, 0.25) is 0 Å². The standard InChI is InChI=1S/C26H28N4O4S/c1-32-21-14-22(33-2)24(34-3)23-19(21)13-20(28-23)26(31)30-11-9-29(10-12-30)15-18-16-35-25(27-18)17-7-5-4-6-8-17/h4-8,13-14,16,28H,9-12,15H2,1-3H3. The number of hydrogen-bond acceptors (Lipinski definition) is 7. The van der Waals surface area contributed by atoms with Gasteiger partial charge in [0.1, 0.15) is 16.5 Å². The molecule has 0 saturated carbocycles. The monoisotopic (exact) mass is 492 g/mol. The van der Waals surface area contributed by atoms with Crippen molar-refractivity contribution in [3.63, 3.8) is 0 Å². The number of nitrogens with one attached hydrogen (secondary N) is 1. The van der Waals surface area contributed by atoms with Crippen LogP contribution in [0.3, 0.4) is 0 Å². The second-order valence-corrected chi connectivity index (χ2v) is 9.22. The molecule has 1 amide bonds. The van der Waals surface area contributed by atoms with Gasteiger partial charge in [0.15, 0.2) is 11.5 Å². The molecule has 9 heteroatoms. The largest absolute Gasteiger partial charge is 0.496 e. The Balaban J connectivity index is 1.26. The zero-order valence-electron chi connectivity index (χ0n) is 20.0. The lowest BCUT2D eigenvalue weighted by atomic mass is 10.2. The number of H-pyrrole nitrogens is 1. The molecule has 0 atom stereocenters. The van der Waals surface area contributed by atoms with Gasteiger partial charge in [0.25, 0.3) is 5.91 Å². The third-order valence-electron chi connectivity index (χ3n) is 6.29. The SMILES string of the molecule is COc1cc(OC)c2cc(C(=O)N3CCN(Cc4csc(-c5ccccc5)n4)CC3)[nH]c2c1OC. The number of fused-ring (bicyclic) bond motifs is 1. The smallest absolute Gasteiger partial charge is 0.270 e. The number of ether oxygens (including phenoxy) is 3. The van der Waals surface area contributed by atoms with Crippen LogP contribution in [0.15, 0.2) is 47.8 Å². The summed E-state index contributed by atoms with van der Waals surface area (Å²) in [5, 5.41) is 3.94. The zero-order valence-corrected chi connectivity index (χ0v) is 20.9. The number of aromatic nitrogens is 2. The number of thiazole rings is 1. The lowest BCUT2D eigenvalue weighted by molar-refractivity contribution is 0.0622. The number of carbonyl (C=O) groups is 1. The van der Waals surface area contributed by atoms with Crippen LogP contribution in [0.5, 0.6) is 17.2 Å². The van der Waals surface area contributed by atoms with Crippen molar-refractivity contribution < 1.29 is 19.0 Å². The summed E-state index contributed by atoms with van der Waals surface area (Å²) in [6, 6.07) is 13.8. The fourth-order valence-corrected chi connectivity index (χ4v) is 5.27. The van der Waals surface area contributed by atoms with Gasteiger partial charge in [0.05, 0.1) is 32.5 Å². The molecule has 1 aliphatic rings. The Kier molecular flexibility index (Phi) is 6.61. The third kappa shape index (κ3) is 4.56. The molecule has 1 fully saturated rings. The Labute approximate surface area is 208 Å². The maximum absolute atomic E-state index is 13.3. The number of aromatic amines is 1. The number of hydrogen-bond donors (Lipinski definition) is 1. The summed E-state index contributed by atoms with van der Waals surface area (Å²) in [5.74, 6) is 1.67. The molecule has 2 aromatic heterocycles. The number of methoxy groups -OCH3 is 3. The molecule has 35 heavy (non-hydrogen) atoms. The van der Waals surface area contributed by atoms with Crippen LogP contribution in [0, 0.1) is 0 Å². The van der Waals surface area contributed by atoms with E-state index in [2.05, 4.69) is 27.4 Å². The van der Waals surface area contributed by atoms with E-state index in [4.69, 9.17) is 19.2 Å². The van der Waals surface area contributed by atoms with Gasteiger partial charge < -0.3 is 24.1 Å². The Morgan fingerprint density at radius 2 is 1.74 bits per heavy atom. The molecule has 1 saturated heterocycles. The first-order valence-corrected chi connectivity index (χ1v) is 12.3. The predicted octanol–water partition coefficient (Wildman–Crippen LogP) is 4.28. The van der Waals surface area contributed by atoms with Crippen molar-refractivity contribution in [1.29, 1.82) is 0 Å². The first-order chi connectivity index (χ1) is 17.1. The van der Waals surface area contributed by atoms with E-state index >= 15 is 0 Å². The fourth-order valence-electron chi connectivity index (χ4n) is 4.45. The second-order valence-electron chi connectivity index (χ2n) is 8.36. The normalized spacial score (nSPS) is 14.3. The van der Waals surface area contributed by atoms with Crippen LogP contribution < -0.4 is 14.2 Å². The molecule has 0 aliphatic carbocycles. The van der Waals surface area contributed by atoms with E-state index < -0.39 is 0 Å². The third-order valence-corrected chi connectivity index (χ3v) is 7.23. The van der Waals surface area contributed by atoms with E-state index in [0.717, 1.165) is 41.3 Å². The van der Waals surface area contributed by atoms with E-state index in [1.165, 1.54) is 0 Å². The van der Waals surface area contributed by atoms with Crippen LogP contribution in [-0.2, 0) is 6.54 Å². The van der Waals surface area contributed by atoms with E-state index in [9.17, 15) is 4.79 Å². The highest BCUT2D eigenvalue weighted by Crippen LogP contribution is 2.41. The van der Waals surface area contributed by atoms with Gasteiger partial charge in [-0.2, -0.15) is 0 Å². The molecule has 0 spiro atoms. The molecule has 0 radical (unpaired) electrons. The molecular weight excluding hydrogens is 464 g/mol. The van der Waals surface area contributed by atoms with E-state index in [1.54, 1.807) is 38.7 Å². The van der Waals surface area contributed by atoms with Crippen molar-refractivity contribution in [2.24, 2.45) is 0 Å². The van der Waals surface area contributed by atoms with Gasteiger partial charge in [-0.3, -0.25) is 9.69 Å². The Morgan fingerprint density at radius 3 is 2.43 bits per heavy atom. The van der Waals surface area contributed by atoms with E-state index in [0.29, 0.717) is 41.5 Å². The minimum atomic E-state index is -0.0380. The van der Waals surface area contributed by atoms with Gasteiger partial charge in [0.2, 0.25) is 0 Å². The molecule has 2 aromatic carbocycles. The van der Waals surface area contributed by atoms with Crippen LogP contribution in [0.25, 0.3) is 21.5 Å². The Bertz CT molecular complexity index is 1330. The summed E-state index contributed by atoms with van der Waals surface area (Å²) in [6.07, 6.45) is 0. The van der Waals surface area contributed by atoms with Crippen LogP contribution in [-0.4, -0.2) is 73.2 Å². The lowest BCUT2D eigenvalue weighted by Gasteiger charge is -2.34. The molecular formula is C26H28N4O4S. The fraction of sp³-hybridized carbons (Fsp3) is 0.308. The highest BCUT2D eigenvalue weighted by molar-refractivity contribution is 7.13. The van der Waals surface area contributed by atoms with Gasteiger partial charge in [-0.25, -0.2) is 4.98 Å². The minimum absolute atomic E-state index is 0.0380. The number of benzene rings is 2. The molecule has 5 rings (SSSR count). The first kappa shape index (κ1) is 23.2. The molecule has 0 bridgehead atoms. The number of piperazine rings is 1. The van der Waals surface area contributed by atoms with Crippen molar-refractivity contribution in [2.45, 2.75) is 6.54 Å². The number of nitrogens with zero attached hydrogens (tertiary/aromatic N) is 3. The molecule has 0 unspecified atom stereocenters. The summed E-state index contributed by atoms with van der Waals surface area (Å²) in [5.41, 5.74) is 3.40. The summed E-state index contributed by atoms with van der Waals surface area (Å²) < 4.78 is 16.5. The minimum Gasteiger partial charge on any atom is -0.496 e. The van der Waals surface area contributed by atoms with Crippen molar-refractivity contribution in [1.82, 2.24) is 19.8 Å². The first-order valence-electron chi connectivity index (χ1n) is 11.4. The van der Waals surface area contributed by atoms with Crippen molar-refractivity contribution in [2.75, 3.05) is 47.5 Å². The molecule has 1 N–H and O–H groups in total. The average Bonchev–Trinajstić information content (AvgIpc) is 3.56. The maximum atomic E-state index is 13.3. The van der Waals surface area contributed by atoms with E-state index in [1.807, 2.05) is 29.2 Å². The maximum Gasteiger partial charge on any atom is 0.270 e. The van der Waals surface area contributed by atoms with Crippen LogP contribution in [0.4, 0.5) is 0 Å². The van der Waals surface area contributed by atoms with Gasteiger partial charge in [-0.05, 0) is 6.07 Å². The molecule has 1 aliphatic heterocycles. The summed E-state index contributed by atoms with van der Waals surface area (Å²) in [6.45, 7) is 3.68. The van der Waals surface area contributed by atoms with Crippen molar-refractivity contribution in [3.8, 4) is 27.8 Å². The average molecular weight is 493 g/mol. The lowest BCUT2D eigenvalue weighted by Crippen LogP contribution is -2.48. The van der Waals surface area contributed by atoms with Crippen molar-refractivity contribution in [3.05, 3.63) is 59.2 Å².